The highest BCUT2D eigenvalue weighted by Crippen LogP contribution is 2.26. The zero-order valence-electron chi connectivity index (χ0n) is 12.5. The number of ketones is 1. The van der Waals surface area contributed by atoms with Gasteiger partial charge in [-0.2, -0.15) is 0 Å². The summed E-state index contributed by atoms with van der Waals surface area (Å²) in [5.74, 6) is -3.43. The molecule has 2 rings (SSSR count). The third-order valence-corrected chi connectivity index (χ3v) is 5.25. The second-order valence-electron chi connectivity index (χ2n) is 5.56. The highest BCUT2D eigenvalue weighted by atomic mass is 79.9. The maximum Gasteiger partial charge on any atom is 0.326 e. The molecular formula is C16H17BrFNO4. The number of alkyl halides is 1. The van der Waals surface area contributed by atoms with Crippen molar-refractivity contribution in [3.05, 3.63) is 35.6 Å². The molecule has 1 heterocycles. The lowest BCUT2D eigenvalue weighted by Gasteiger charge is -2.26. The minimum absolute atomic E-state index is 0.0924. The molecule has 0 bridgehead atoms. The number of rotatable bonds is 5. The van der Waals surface area contributed by atoms with Crippen LogP contribution in [-0.2, 0) is 9.59 Å². The number of halogens is 2. The molecule has 3 atom stereocenters. The molecule has 0 saturated carbocycles. The van der Waals surface area contributed by atoms with Gasteiger partial charge in [-0.05, 0) is 25.0 Å². The Balaban J connectivity index is 2.14. The van der Waals surface area contributed by atoms with E-state index in [1.54, 1.807) is 6.07 Å². The highest BCUT2D eigenvalue weighted by molar-refractivity contribution is 9.10. The van der Waals surface area contributed by atoms with Crippen LogP contribution in [0.2, 0.25) is 0 Å². The van der Waals surface area contributed by atoms with Crippen molar-refractivity contribution in [3.63, 3.8) is 0 Å². The average Bonchev–Trinajstić information content (AvgIpc) is 3.02. The Bertz CT molecular complexity index is 636. The zero-order valence-corrected chi connectivity index (χ0v) is 14.1. The molecule has 0 aliphatic carbocycles. The zero-order chi connectivity index (χ0) is 17.1. The third kappa shape index (κ3) is 3.60. The maximum absolute atomic E-state index is 13.7. The predicted octanol–water partition coefficient (Wildman–Crippen LogP) is 2.48. The SMILES string of the molecule is C[C@H](C(=O)N1CCC[C@H]1C(=O)O)[C@H](Br)C(=O)c1ccccc1F. The van der Waals surface area contributed by atoms with Crippen molar-refractivity contribution < 1.29 is 23.9 Å². The number of carboxylic acids is 1. The Labute approximate surface area is 141 Å². The number of carbonyl (C=O) groups is 3. The van der Waals surface area contributed by atoms with Crippen LogP contribution in [0.25, 0.3) is 0 Å². The van der Waals surface area contributed by atoms with Gasteiger partial charge in [0.25, 0.3) is 0 Å². The topological polar surface area (TPSA) is 74.7 Å². The van der Waals surface area contributed by atoms with Crippen molar-refractivity contribution >= 4 is 33.6 Å². The number of carboxylic acid groups (broad SMARTS) is 1. The summed E-state index contributed by atoms with van der Waals surface area (Å²) in [7, 11) is 0. The van der Waals surface area contributed by atoms with Crippen LogP contribution in [0.15, 0.2) is 24.3 Å². The number of hydrogen-bond acceptors (Lipinski definition) is 3. The van der Waals surface area contributed by atoms with E-state index >= 15 is 0 Å². The quantitative estimate of drug-likeness (QED) is 0.623. The first-order valence-corrected chi connectivity index (χ1v) is 8.22. The van der Waals surface area contributed by atoms with E-state index in [1.165, 1.54) is 30.0 Å². The molecule has 23 heavy (non-hydrogen) atoms. The van der Waals surface area contributed by atoms with E-state index in [-0.39, 0.29) is 5.56 Å². The van der Waals surface area contributed by atoms with Crippen LogP contribution >= 0.6 is 15.9 Å². The molecule has 1 aliphatic rings. The van der Waals surface area contributed by atoms with Gasteiger partial charge in [0.2, 0.25) is 5.91 Å². The summed E-state index contributed by atoms with van der Waals surface area (Å²) < 4.78 is 13.7. The van der Waals surface area contributed by atoms with E-state index in [1.807, 2.05) is 0 Å². The van der Waals surface area contributed by atoms with E-state index in [0.29, 0.717) is 19.4 Å². The fourth-order valence-electron chi connectivity index (χ4n) is 2.71. The van der Waals surface area contributed by atoms with Gasteiger partial charge < -0.3 is 10.0 Å². The van der Waals surface area contributed by atoms with Gasteiger partial charge in [-0.15, -0.1) is 0 Å². The number of likely N-dealkylation sites (tertiary alicyclic amines) is 1. The molecular weight excluding hydrogens is 369 g/mol. The lowest BCUT2D eigenvalue weighted by atomic mass is 9.97. The van der Waals surface area contributed by atoms with Gasteiger partial charge in [0, 0.05) is 6.54 Å². The molecule has 5 nitrogen and oxygen atoms in total. The van der Waals surface area contributed by atoms with Crippen molar-refractivity contribution in [2.45, 2.75) is 30.6 Å². The minimum Gasteiger partial charge on any atom is -0.480 e. The number of Topliss-reactive ketones (excluding diaryl/α,β-unsaturated/α-hetero) is 1. The van der Waals surface area contributed by atoms with Crippen molar-refractivity contribution in [3.8, 4) is 0 Å². The summed E-state index contributed by atoms with van der Waals surface area (Å²) >= 11 is 3.17. The Morgan fingerprint density at radius 1 is 1.35 bits per heavy atom. The summed E-state index contributed by atoms with van der Waals surface area (Å²) in [6, 6.07) is 4.71. The van der Waals surface area contributed by atoms with Crippen molar-refractivity contribution in [1.82, 2.24) is 4.90 Å². The van der Waals surface area contributed by atoms with Gasteiger partial charge in [-0.25, -0.2) is 9.18 Å². The molecule has 1 aliphatic heterocycles. The summed E-state index contributed by atoms with van der Waals surface area (Å²) in [4.78, 5) is 36.4. The number of hydrogen-bond donors (Lipinski definition) is 1. The first-order valence-electron chi connectivity index (χ1n) is 7.30. The Hall–Kier alpha value is -1.76. The summed E-state index contributed by atoms with van der Waals surface area (Å²) in [5.41, 5.74) is -0.0924. The van der Waals surface area contributed by atoms with E-state index in [2.05, 4.69) is 15.9 Å². The molecule has 0 aromatic heterocycles. The largest absolute Gasteiger partial charge is 0.480 e. The van der Waals surface area contributed by atoms with Gasteiger partial charge >= 0.3 is 5.97 Å². The molecule has 0 spiro atoms. The number of amides is 1. The standard InChI is InChI=1S/C16H17BrFNO4/c1-9(15(21)19-8-4-7-12(19)16(22)23)13(17)14(20)10-5-2-3-6-11(10)18/h2-3,5-6,9,12-13H,4,7-8H2,1H3,(H,22,23)/t9-,12-,13-/m0/s1. The number of benzene rings is 1. The van der Waals surface area contributed by atoms with E-state index in [9.17, 15) is 18.8 Å². The summed E-state index contributed by atoms with van der Waals surface area (Å²) in [6.45, 7) is 1.89. The first kappa shape index (κ1) is 17.6. The summed E-state index contributed by atoms with van der Waals surface area (Å²) in [5, 5.41) is 9.15. The van der Waals surface area contributed by atoms with Crippen LogP contribution < -0.4 is 0 Å². The van der Waals surface area contributed by atoms with Gasteiger partial charge in [0.1, 0.15) is 11.9 Å². The monoisotopic (exact) mass is 385 g/mol. The van der Waals surface area contributed by atoms with Crippen LogP contribution in [0.4, 0.5) is 4.39 Å². The van der Waals surface area contributed by atoms with Gasteiger partial charge in [0.15, 0.2) is 5.78 Å². The molecule has 1 amide bonds. The minimum atomic E-state index is -1.05. The van der Waals surface area contributed by atoms with Crippen LogP contribution in [0.1, 0.15) is 30.1 Å². The van der Waals surface area contributed by atoms with Crippen LogP contribution in [-0.4, -0.2) is 45.1 Å². The molecule has 1 saturated heterocycles. The van der Waals surface area contributed by atoms with Crippen LogP contribution in [0.5, 0.6) is 0 Å². The Morgan fingerprint density at radius 3 is 2.61 bits per heavy atom. The van der Waals surface area contributed by atoms with Crippen molar-refractivity contribution in [1.29, 1.82) is 0 Å². The Kier molecular flexibility index (Phi) is 5.51. The molecule has 0 unspecified atom stereocenters. The Morgan fingerprint density at radius 2 is 2.00 bits per heavy atom. The van der Waals surface area contributed by atoms with Gasteiger partial charge in [-0.1, -0.05) is 35.0 Å². The van der Waals surface area contributed by atoms with E-state index in [0.717, 1.165) is 0 Å². The predicted molar refractivity (Wildman–Crippen MR) is 85.0 cm³/mol. The average molecular weight is 386 g/mol. The molecule has 1 aromatic rings. The molecule has 7 heteroatoms. The van der Waals surface area contributed by atoms with Crippen molar-refractivity contribution in [2.75, 3.05) is 6.54 Å². The second-order valence-corrected chi connectivity index (χ2v) is 6.55. The fraction of sp³-hybridized carbons (Fsp3) is 0.438. The molecule has 124 valence electrons. The van der Waals surface area contributed by atoms with Crippen LogP contribution in [0.3, 0.4) is 0 Å². The number of aliphatic carboxylic acids is 1. The molecule has 1 fully saturated rings. The first-order chi connectivity index (χ1) is 10.8. The van der Waals surface area contributed by atoms with Crippen LogP contribution in [0, 0.1) is 11.7 Å². The molecule has 1 N–H and O–H groups in total. The second kappa shape index (κ2) is 7.21. The van der Waals surface area contributed by atoms with E-state index < -0.39 is 40.3 Å². The maximum atomic E-state index is 13.7. The summed E-state index contributed by atoms with van der Waals surface area (Å²) in [6.07, 6.45) is 1.02. The van der Waals surface area contributed by atoms with E-state index in [4.69, 9.17) is 5.11 Å². The molecule has 0 radical (unpaired) electrons. The van der Waals surface area contributed by atoms with Gasteiger partial charge in [-0.3, -0.25) is 9.59 Å². The van der Waals surface area contributed by atoms with Gasteiger partial charge in [0.05, 0.1) is 16.3 Å². The number of carbonyl (C=O) groups excluding carboxylic acids is 2. The smallest absolute Gasteiger partial charge is 0.326 e. The third-order valence-electron chi connectivity index (χ3n) is 4.04. The molecule has 1 aromatic carbocycles. The lowest BCUT2D eigenvalue weighted by Crippen LogP contribution is -2.45. The number of nitrogens with zero attached hydrogens (tertiary/aromatic N) is 1. The lowest BCUT2D eigenvalue weighted by molar-refractivity contribution is -0.149. The fourth-order valence-corrected chi connectivity index (χ4v) is 3.18. The normalized spacial score (nSPS) is 20.1. The highest BCUT2D eigenvalue weighted by Gasteiger charge is 2.39. The van der Waals surface area contributed by atoms with Crippen molar-refractivity contribution in [2.24, 2.45) is 5.92 Å².